The van der Waals surface area contributed by atoms with Gasteiger partial charge in [0.2, 0.25) is 0 Å². The zero-order chi connectivity index (χ0) is 12.0. The number of hydrogen-bond donors (Lipinski definition) is 1. The summed E-state index contributed by atoms with van der Waals surface area (Å²) < 4.78 is 31.1. The molecular formula is C10H14ClF2NO2. The van der Waals surface area contributed by atoms with E-state index >= 15 is 0 Å². The summed E-state index contributed by atoms with van der Waals surface area (Å²) in [5.74, 6) is -2.90. The number of halogens is 3. The third kappa shape index (κ3) is 1.52. The van der Waals surface area contributed by atoms with Crippen molar-refractivity contribution in [3.05, 3.63) is 0 Å². The highest BCUT2D eigenvalue weighted by molar-refractivity contribution is 6.18. The van der Waals surface area contributed by atoms with E-state index in [1.165, 1.54) is 7.11 Å². The molecule has 0 amide bonds. The molecule has 6 heteroatoms. The summed E-state index contributed by atoms with van der Waals surface area (Å²) in [6, 6.07) is 0. The molecule has 0 aromatic heterocycles. The Morgan fingerprint density at radius 2 is 2.12 bits per heavy atom. The predicted molar refractivity (Wildman–Crippen MR) is 54.7 cm³/mol. The molecule has 0 radical (unpaired) electrons. The van der Waals surface area contributed by atoms with E-state index in [1.807, 2.05) is 0 Å². The minimum atomic E-state index is -2.65. The molecule has 2 atom stereocenters. The number of alkyl halides is 3. The molecule has 2 rings (SSSR count). The van der Waals surface area contributed by atoms with Crippen molar-refractivity contribution >= 4 is 17.6 Å². The van der Waals surface area contributed by atoms with Crippen LogP contribution in [0.5, 0.6) is 0 Å². The summed E-state index contributed by atoms with van der Waals surface area (Å²) in [7, 11) is 1.26. The molecule has 1 saturated heterocycles. The number of carbonyl (C=O) groups excluding carboxylic acids is 1. The van der Waals surface area contributed by atoms with E-state index in [1.54, 1.807) is 0 Å². The zero-order valence-electron chi connectivity index (χ0n) is 8.99. The first-order chi connectivity index (χ1) is 7.41. The number of ether oxygens (including phenoxy) is 1. The monoisotopic (exact) mass is 253 g/mol. The van der Waals surface area contributed by atoms with Crippen molar-refractivity contribution < 1.29 is 18.3 Å². The number of carbonyl (C=O) groups is 1. The van der Waals surface area contributed by atoms with Gasteiger partial charge in [-0.3, -0.25) is 4.79 Å². The summed E-state index contributed by atoms with van der Waals surface area (Å²) in [6.45, 7) is 0.159. The molecule has 1 aliphatic carbocycles. The normalized spacial score (nSPS) is 40.0. The second-order valence-corrected chi connectivity index (χ2v) is 5.08. The lowest BCUT2D eigenvalue weighted by Gasteiger charge is -2.25. The maximum absolute atomic E-state index is 13.2. The van der Waals surface area contributed by atoms with Gasteiger partial charge in [0, 0.05) is 18.8 Å². The number of esters is 1. The molecule has 2 fully saturated rings. The van der Waals surface area contributed by atoms with Crippen LogP contribution in [0.4, 0.5) is 8.78 Å². The lowest BCUT2D eigenvalue weighted by molar-refractivity contribution is -0.148. The summed E-state index contributed by atoms with van der Waals surface area (Å²) in [5.41, 5.74) is -2.07. The molecular weight excluding hydrogens is 240 g/mol. The fourth-order valence-electron chi connectivity index (χ4n) is 2.59. The molecule has 3 nitrogen and oxygen atoms in total. The van der Waals surface area contributed by atoms with Crippen molar-refractivity contribution in [2.75, 3.05) is 19.5 Å². The third-order valence-corrected chi connectivity index (χ3v) is 3.90. The van der Waals surface area contributed by atoms with Crippen LogP contribution < -0.4 is 5.32 Å². The Labute approximate surface area is 97.5 Å². The summed E-state index contributed by atoms with van der Waals surface area (Å²) in [5, 5.41) is 2.89. The van der Waals surface area contributed by atoms with E-state index < -0.39 is 22.8 Å². The Bertz CT molecular complexity index is 326. The highest BCUT2D eigenvalue weighted by atomic mass is 35.5. The van der Waals surface area contributed by atoms with Gasteiger partial charge in [-0.2, -0.15) is 0 Å². The van der Waals surface area contributed by atoms with E-state index in [2.05, 4.69) is 10.1 Å². The zero-order valence-corrected chi connectivity index (χ0v) is 9.74. The van der Waals surface area contributed by atoms with E-state index in [0.717, 1.165) is 0 Å². The van der Waals surface area contributed by atoms with Crippen molar-refractivity contribution in [3.8, 4) is 0 Å². The Hall–Kier alpha value is -0.420. The highest BCUT2D eigenvalue weighted by Gasteiger charge is 2.76. The Morgan fingerprint density at radius 3 is 2.50 bits per heavy atom. The SMILES string of the molecule is COC(=O)C1(CCCl)C[C@]2(CN1)CC2(F)F. The van der Waals surface area contributed by atoms with Crippen molar-refractivity contribution in [1.29, 1.82) is 0 Å². The van der Waals surface area contributed by atoms with Crippen LogP contribution in [-0.4, -0.2) is 37.0 Å². The van der Waals surface area contributed by atoms with Gasteiger partial charge in [-0.05, 0) is 12.8 Å². The van der Waals surface area contributed by atoms with Gasteiger partial charge in [-0.15, -0.1) is 11.6 Å². The Balaban J connectivity index is 2.16. The van der Waals surface area contributed by atoms with Crippen molar-refractivity contribution in [3.63, 3.8) is 0 Å². The average Bonchev–Trinajstić information content (AvgIpc) is 2.59. The van der Waals surface area contributed by atoms with Crippen LogP contribution in [0.2, 0.25) is 0 Å². The number of methoxy groups -OCH3 is 1. The summed E-state index contributed by atoms with van der Waals surface area (Å²) in [6.07, 6.45) is 0.291. The molecule has 1 aliphatic heterocycles. The molecule has 0 aromatic rings. The van der Waals surface area contributed by atoms with Crippen LogP contribution >= 0.6 is 11.6 Å². The molecule has 1 saturated carbocycles. The fourth-order valence-corrected chi connectivity index (χ4v) is 2.91. The van der Waals surface area contributed by atoms with E-state index in [9.17, 15) is 13.6 Å². The molecule has 1 N–H and O–H groups in total. The first-order valence-electron chi connectivity index (χ1n) is 5.19. The first kappa shape index (κ1) is 12.0. The van der Waals surface area contributed by atoms with E-state index in [-0.39, 0.29) is 25.3 Å². The number of nitrogens with one attached hydrogen (secondary N) is 1. The van der Waals surface area contributed by atoms with Crippen molar-refractivity contribution in [2.24, 2.45) is 5.41 Å². The van der Waals surface area contributed by atoms with Gasteiger partial charge in [0.05, 0.1) is 12.5 Å². The van der Waals surface area contributed by atoms with E-state index in [4.69, 9.17) is 11.6 Å². The fraction of sp³-hybridized carbons (Fsp3) is 0.900. The quantitative estimate of drug-likeness (QED) is 0.613. The standard InChI is InChI=1S/C10H14ClF2NO2/c1-16-7(15)9(2-3-11)4-8(6-14-9)5-10(8,12)13/h14H,2-6H2,1H3/t8-,9?/m1/s1. The maximum atomic E-state index is 13.2. The lowest BCUT2D eigenvalue weighted by Crippen LogP contribution is -2.48. The maximum Gasteiger partial charge on any atom is 0.326 e. The molecule has 1 unspecified atom stereocenters. The van der Waals surface area contributed by atoms with Gasteiger partial charge >= 0.3 is 5.97 Å². The van der Waals surface area contributed by atoms with Crippen LogP contribution in [0, 0.1) is 5.41 Å². The second kappa shape index (κ2) is 3.53. The second-order valence-electron chi connectivity index (χ2n) is 4.70. The molecule has 16 heavy (non-hydrogen) atoms. The number of hydrogen-bond acceptors (Lipinski definition) is 3. The molecule has 92 valence electrons. The third-order valence-electron chi connectivity index (χ3n) is 3.71. The lowest BCUT2D eigenvalue weighted by atomic mass is 9.88. The van der Waals surface area contributed by atoms with Crippen LogP contribution in [0.15, 0.2) is 0 Å². The highest BCUT2D eigenvalue weighted by Crippen LogP contribution is 2.66. The van der Waals surface area contributed by atoms with Crippen molar-refractivity contribution in [1.82, 2.24) is 5.32 Å². The van der Waals surface area contributed by atoms with Gasteiger partial charge in [0.15, 0.2) is 0 Å². The van der Waals surface area contributed by atoms with Crippen LogP contribution in [0.3, 0.4) is 0 Å². The van der Waals surface area contributed by atoms with Gasteiger partial charge < -0.3 is 10.1 Å². The smallest absolute Gasteiger partial charge is 0.326 e. The molecule has 2 aliphatic rings. The summed E-state index contributed by atoms with van der Waals surface area (Å²) >= 11 is 5.62. The largest absolute Gasteiger partial charge is 0.468 e. The molecule has 0 aromatic carbocycles. The van der Waals surface area contributed by atoms with Crippen LogP contribution in [0.1, 0.15) is 19.3 Å². The minimum absolute atomic E-state index is 0.117. The Kier molecular flexibility index (Phi) is 2.66. The van der Waals surface area contributed by atoms with Crippen molar-refractivity contribution in [2.45, 2.75) is 30.7 Å². The Morgan fingerprint density at radius 1 is 1.50 bits per heavy atom. The first-order valence-corrected chi connectivity index (χ1v) is 5.72. The number of rotatable bonds is 3. The topological polar surface area (TPSA) is 38.3 Å². The van der Waals surface area contributed by atoms with Gasteiger partial charge in [-0.25, -0.2) is 8.78 Å². The molecule has 0 bridgehead atoms. The molecule has 1 spiro atoms. The van der Waals surface area contributed by atoms with Gasteiger partial charge in [0.25, 0.3) is 5.92 Å². The summed E-state index contributed by atoms with van der Waals surface area (Å²) in [4.78, 5) is 11.7. The average molecular weight is 254 g/mol. The molecule has 1 heterocycles. The minimum Gasteiger partial charge on any atom is -0.468 e. The predicted octanol–water partition coefficient (Wildman–Crippen LogP) is 1.55. The van der Waals surface area contributed by atoms with Gasteiger partial charge in [0.1, 0.15) is 5.54 Å². The van der Waals surface area contributed by atoms with Crippen LogP contribution in [0.25, 0.3) is 0 Å². The van der Waals surface area contributed by atoms with Crippen LogP contribution in [-0.2, 0) is 9.53 Å². The van der Waals surface area contributed by atoms with E-state index in [0.29, 0.717) is 6.42 Å². The van der Waals surface area contributed by atoms with Gasteiger partial charge in [-0.1, -0.05) is 0 Å².